The van der Waals surface area contributed by atoms with Crippen molar-refractivity contribution in [1.82, 2.24) is 5.32 Å². The van der Waals surface area contributed by atoms with Gasteiger partial charge in [0.25, 0.3) is 0 Å². The van der Waals surface area contributed by atoms with Gasteiger partial charge in [-0.25, -0.2) is 0 Å². The third-order valence-corrected chi connectivity index (χ3v) is 3.45. The Morgan fingerprint density at radius 1 is 1.21 bits per heavy atom. The van der Waals surface area contributed by atoms with Gasteiger partial charge in [0.2, 0.25) is 0 Å². The van der Waals surface area contributed by atoms with Gasteiger partial charge >= 0.3 is 0 Å². The van der Waals surface area contributed by atoms with Crippen molar-refractivity contribution >= 4 is 17.3 Å². The molecule has 1 N–H and O–H groups in total. The predicted molar refractivity (Wildman–Crippen MR) is 86.2 cm³/mol. The Bertz CT molecular complexity index is 388. The van der Waals surface area contributed by atoms with Crippen LogP contribution in [0.2, 0.25) is 5.02 Å². The first-order valence-corrected chi connectivity index (χ1v) is 7.62. The predicted octanol–water partition coefficient (Wildman–Crippen LogP) is 4.46. The zero-order chi connectivity index (χ0) is 14.4. The van der Waals surface area contributed by atoms with Crippen molar-refractivity contribution in [2.75, 3.05) is 11.4 Å². The molecule has 1 aromatic rings. The molecule has 0 aliphatic heterocycles. The van der Waals surface area contributed by atoms with E-state index in [1.54, 1.807) is 0 Å². The molecule has 3 heteroatoms. The maximum absolute atomic E-state index is 6.45. The van der Waals surface area contributed by atoms with Gasteiger partial charge < -0.3 is 10.2 Å². The molecule has 0 bridgehead atoms. The summed E-state index contributed by atoms with van der Waals surface area (Å²) in [5, 5.41) is 4.33. The lowest BCUT2D eigenvalue weighted by molar-refractivity contribution is 0.585. The molecule has 1 rings (SSSR count). The van der Waals surface area contributed by atoms with Crippen LogP contribution in [0.5, 0.6) is 0 Å². The van der Waals surface area contributed by atoms with Crippen LogP contribution in [-0.4, -0.2) is 18.6 Å². The Labute approximate surface area is 123 Å². The second-order valence-electron chi connectivity index (χ2n) is 5.57. The summed E-state index contributed by atoms with van der Waals surface area (Å²) >= 11 is 6.45. The first-order valence-electron chi connectivity index (χ1n) is 7.24. The molecule has 0 aromatic heterocycles. The van der Waals surface area contributed by atoms with Crippen LogP contribution < -0.4 is 10.2 Å². The van der Waals surface area contributed by atoms with Gasteiger partial charge in [-0.1, -0.05) is 44.5 Å². The molecule has 0 heterocycles. The summed E-state index contributed by atoms with van der Waals surface area (Å²) in [7, 11) is 0. The number of benzene rings is 1. The minimum Gasteiger partial charge on any atom is -0.368 e. The lowest BCUT2D eigenvalue weighted by Crippen LogP contribution is -2.33. The molecular weight excluding hydrogens is 256 g/mol. The van der Waals surface area contributed by atoms with Crippen LogP contribution >= 0.6 is 11.6 Å². The fourth-order valence-electron chi connectivity index (χ4n) is 2.21. The molecule has 0 spiro atoms. The molecule has 0 aliphatic rings. The molecule has 1 aromatic carbocycles. The van der Waals surface area contributed by atoms with Crippen LogP contribution in [-0.2, 0) is 6.54 Å². The van der Waals surface area contributed by atoms with E-state index in [2.05, 4.69) is 50.9 Å². The van der Waals surface area contributed by atoms with Crippen molar-refractivity contribution in [3.63, 3.8) is 0 Å². The molecule has 0 radical (unpaired) electrons. The van der Waals surface area contributed by atoms with Crippen LogP contribution in [0.4, 0.5) is 5.69 Å². The molecule has 0 fully saturated rings. The van der Waals surface area contributed by atoms with E-state index in [-0.39, 0.29) is 0 Å². The molecule has 0 saturated heterocycles. The van der Waals surface area contributed by atoms with Crippen molar-refractivity contribution in [3.05, 3.63) is 28.8 Å². The summed E-state index contributed by atoms with van der Waals surface area (Å²) in [6.45, 7) is 12.9. The number of rotatable bonds is 7. The molecule has 108 valence electrons. The van der Waals surface area contributed by atoms with E-state index < -0.39 is 0 Å². The quantitative estimate of drug-likeness (QED) is 0.794. The highest BCUT2D eigenvalue weighted by atomic mass is 35.5. The van der Waals surface area contributed by atoms with Gasteiger partial charge in [0.05, 0.1) is 10.7 Å². The Hall–Kier alpha value is -0.730. The second kappa shape index (κ2) is 7.76. The minimum atomic E-state index is 0.456. The monoisotopic (exact) mass is 282 g/mol. The molecule has 0 aliphatic carbocycles. The molecule has 0 amide bonds. The van der Waals surface area contributed by atoms with E-state index in [1.165, 1.54) is 11.3 Å². The van der Waals surface area contributed by atoms with E-state index >= 15 is 0 Å². The summed E-state index contributed by atoms with van der Waals surface area (Å²) in [5.74, 6) is 0. The smallest absolute Gasteiger partial charge is 0.0643 e. The Kier molecular flexibility index (Phi) is 6.67. The number of hydrogen-bond donors (Lipinski definition) is 1. The molecule has 19 heavy (non-hydrogen) atoms. The maximum Gasteiger partial charge on any atom is 0.0643 e. The zero-order valence-electron chi connectivity index (χ0n) is 12.8. The average Bonchev–Trinajstić information content (AvgIpc) is 2.34. The Balaban J connectivity index is 3.07. The fraction of sp³-hybridized carbons (Fsp3) is 0.625. The fourth-order valence-corrected chi connectivity index (χ4v) is 2.51. The third-order valence-electron chi connectivity index (χ3n) is 3.15. The average molecular weight is 283 g/mol. The van der Waals surface area contributed by atoms with Crippen molar-refractivity contribution in [3.8, 4) is 0 Å². The summed E-state index contributed by atoms with van der Waals surface area (Å²) < 4.78 is 0. The van der Waals surface area contributed by atoms with Gasteiger partial charge in [0, 0.05) is 25.2 Å². The molecular formula is C16H27ClN2. The summed E-state index contributed by atoms with van der Waals surface area (Å²) in [6.07, 6.45) is 1.13. The topological polar surface area (TPSA) is 15.3 Å². The molecule has 0 atom stereocenters. The highest BCUT2D eigenvalue weighted by Crippen LogP contribution is 2.31. The van der Waals surface area contributed by atoms with E-state index in [1.807, 2.05) is 12.1 Å². The van der Waals surface area contributed by atoms with Crippen LogP contribution in [0.15, 0.2) is 18.2 Å². The van der Waals surface area contributed by atoms with Gasteiger partial charge in [-0.05, 0) is 31.9 Å². The van der Waals surface area contributed by atoms with Crippen LogP contribution in [0.25, 0.3) is 0 Å². The number of nitrogens with one attached hydrogen (secondary N) is 1. The number of nitrogens with zero attached hydrogens (tertiary/aromatic N) is 1. The Morgan fingerprint density at radius 3 is 2.42 bits per heavy atom. The molecule has 0 saturated carbocycles. The first kappa shape index (κ1) is 16.3. The summed E-state index contributed by atoms with van der Waals surface area (Å²) in [5.41, 5.74) is 2.47. The lowest BCUT2D eigenvalue weighted by atomic mass is 10.1. The SMILES string of the molecule is CCCN(c1c(Cl)cccc1CNC(C)C)C(C)C. The molecule has 0 unspecified atom stereocenters. The van der Waals surface area contributed by atoms with Crippen molar-refractivity contribution in [1.29, 1.82) is 0 Å². The lowest BCUT2D eigenvalue weighted by Gasteiger charge is -2.31. The van der Waals surface area contributed by atoms with Crippen LogP contribution in [0.3, 0.4) is 0 Å². The number of para-hydroxylation sites is 1. The van der Waals surface area contributed by atoms with Crippen LogP contribution in [0, 0.1) is 0 Å². The minimum absolute atomic E-state index is 0.456. The maximum atomic E-state index is 6.45. The summed E-state index contributed by atoms with van der Waals surface area (Å²) in [6, 6.07) is 7.12. The molecule has 2 nitrogen and oxygen atoms in total. The van der Waals surface area contributed by atoms with Gasteiger partial charge in [-0.15, -0.1) is 0 Å². The normalized spacial score (nSPS) is 11.4. The number of anilines is 1. The van der Waals surface area contributed by atoms with E-state index in [0.29, 0.717) is 12.1 Å². The van der Waals surface area contributed by atoms with Gasteiger partial charge in [0.15, 0.2) is 0 Å². The standard InChI is InChI=1S/C16H27ClN2/c1-6-10-19(13(4)5)16-14(11-18-12(2)3)8-7-9-15(16)17/h7-9,12-13,18H,6,10-11H2,1-5H3. The number of hydrogen-bond acceptors (Lipinski definition) is 2. The number of halogens is 1. The highest BCUT2D eigenvalue weighted by Gasteiger charge is 2.17. The van der Waals surface area contributed by atoms with E-state index in [9.17, 15) is 0 Å². The van der Waals surface area contributed by atoms with Gasteiger partial charge in [0.1, 0.15) is 0 Å². The largest absolute Gasteiger partial charge is 0.368 e. The van der Waals surface area contributed by atoms with E-state index in [0.717, 1.165) is 24.5 Å². The third kappa shape index (κ3) is 4.70. The van der Waals surface area contributed by atoms with Crippen molar-refractivity contribution in [2.24, 2.45) is 0 Å². The van der Waals surface area contributed by atoms with Crippen molar-refractivity contribution < 1.29 is 0 Å². The van der Waals surface area contributed by atoms with Gasteiger partial charge in [-0.2, -0.15) is 0 Å². The second-order valence-corrected chi connectivity index (χ2v) is 5.98. The van der Waals surface area contributed by atoms with Gasteiger partial charge in [-0.3, -0.25) is 0 Å². The summed E-state index contributed by atoms with van der Waals surface area (Å²) in [4.78, 5) is 2.40. The van der Waals surface area contributed by atoms with Crippen molar-refractivity contribution in [2.45, 2.75) is 59.7 Å². The van der Waals surface area contributed by atoms with E-state index in [4.69, 9.17) is 11.6 Å². The highest BCUT2D eigenvalue weighted by molar-refractivity contribution is 6.33. The zero-order valence-corrected chi connectivity index (χ0v) is 13.6. The first-order chi connectivity index (χ1) is 8.97. The Morgan fingerprint density at radius 2 is 1.89 bits per heavy atom. The van der Waals surface area contributed by atoms with Crippen LogP contribution in [0.1, 0.15) is 46.6 Å².